The van der Waals surface area contributed by atoms with Gasteiger partial charge >= 0.3 is 71.1 Å². The molecule has 0 saturated heterocycles. The molecule has 12 heteroatoms. The zero-order valence-electron chi connectivity index (χ0n) is 11.8. The molecule has 0 aliphatic carbocycles. The minimum Gasteiger partial charge on any atom is -0.550 e. The molecule has 0 aromatic rings. The summed E-state index contributed by atoms with van der Waals surface area (Å²) in [6, 6.07) is -1.21. The predicted octanol–water partition coefficient (Wildman–Crippen LogP) is -10.7. The number of aliphatic carboxylic acids is 4. The van der Waals surface area contributed by atoms with Gasteiger partial charge in [-0.2, -0.15) is 0 Å². The van der Waals surface area contributed by atoms with Crippen molar-refractivity contribution in [2.75, 3.05) is 13.1 Å². The van der Waals surface area contributed by atoms with E-state index in [1.54, 1.807) is 0 Å². The number of carboxylic acids is 4. The Morgan fingerprint density at radius 3 is 1.62 bits per heavy atom. The Labute approximate surface area is 164 Å². The van der Waals surface area contributed by atoms with Crippen molar-refractivity contribution < 1.29 is 98.7 Å². The zero-order valence-corrected chi connectivity index (χ0v) is 15.8. The van der Waals surface area contributed by atoms with Crippen LogP contribution in [0, 0.1) is 0 Å². The fourth-order valence-corrected chi connectivity index (χ4v) is 0.668. The predicted molar refractivity (Wildman–Crippen MR) is 55.4 cm³/mol. The first kappa shape index (κ1) is 28.9. The monoisotopic (exact) mass is 324 g/mol. The summed E-state index contributed by atoms with van der Waals surface area (Å²) in [5.74, 6) is -4.87. The molecular formula is C9H14N2Na2O8. The first-order chi connectivity index (χ1) is 8.66. The fraction of sp³-hybridized carbons (Fsp3) is 0.556. The van der Waals surface area contributed by atoms with Gasteiger partial charge in [0.05, 0.1) is 19.1 Å². The van der Waals surface area contributed by atoms with Gasteiger partial charge in [-0.05, 0) is 12.8 Å². The van der Waals surface area contributed by atoms with Crippen molar-refractivity contribution in [3.63, 3.8) is 0 Å². The molecule has 0 aliphatic rings. The number of carboxylic acid groups (broad SMARTS) is 4. The van der Waals surface area contributed by atoms with Crippen molar-refractivity contribution in [3.05, 3.63) is 0 Å². The van der Waals surface area contributed by atoms with Crippen LogP contribution in [0.4, 0.5) is 0 Å². The van der Waals surface area contributed by atoms with Gasteiger partial charge in [-0.3, -0.25) is 14.9 Å². The van der Waals surface area contributed by atoms with Gasteiger partial charge < -0.3 is 35.7 Å². The number of hydrogen-bond acceptors (Lipinski definition) is 8. The van der Waals surface area contributed by atoms with Gasteiger partial charge in [0, 0.05) is 12.0 Å². The van der Waals surface area contributed by atoms with E-state index in [1.807, 2.05) is 0 Å². The van der Waals surface area contributed by atoms with E-state index in [9.17, 15) is 29.4 Å². The van der Waals surface area contributed by atoms with Gasteiger partial charge in [0.2, 0.25) is 0 Å². The minimum atomic E-state index is -1.44. The van der Waals surface area contributed by atoms with Crippen LogP contribution in [0.15, 0.2) is 0 Å². The maximum atomic E-state index is 9.86. The molecular weight excluding hydrogens is 310 g/mol. The molecule has 0 saturated carbocycles. The Morgan fingerprint density at radius 1 is 1.00 bits per heavy atom. The molecule has 110 valence electrons. The van der Waals surface area contributed by atoms with Crippen molar-refractivity contribution in [2.24, 2.45) is 5.73 Å². The third kappa shape index (κ3) is 28.6. The molecule has 0 heterocycles. The number of carbonyl (C=O) groups excluding carboxylic acids is 2. The molecule has 0 aromatic carbocycles. The van der Waals surface area contributed by atoms with Crippen LogP contribution in [0.2, 0.25) is 0 Å². The zero-order chi connectivity index (χ0) is 15.4. The average molecular weight is 324 g/mol. The second-order valence-corrected chi connectivity index (χ2v) is 3.23. The van der Waals surface area contributed by atoms with E-state index in [2.05, 4.69) is 5.32 Å². The summed E-state index contributed by atoms with van der Waals surface area (Å²) in [5.41, 5.74) is 4.91. The Morgan fingerprint density at radius 2 is 1.38 bits per heavy atom. The van der Waals surface area contributed by atoms with Gasteiger partial charge in [-0.25, -0.2) is 0 Å². The molecule has 10 nitrogen and oxygen atoms in total. The molecule has 0 fully saturated rings. The van der Waals surface area contributed by atoms with Crippen molar-refractivity contribution >= 4 is 23.9 Å². The van der Waals surface area contributed by atoms with Crippen LogP contribution in [0.3, 0.4) is 0 Å². The van der Waals surface area contributed by atoms with Crippen molar-refractivity contribution in [1.29, 1.82) is 0 Å². The maximum Gasteiger partial charge on any atom is 1.00 e. The number of hydrogen-bond donors (Lipinski definition) is 4. The summed E-state index contributed by atoms with van der Waals surface area (Å²) in [6.07, 6.45) is -0.500. The maximum absolute atomic E-state index is 9.86. The Bertz CT molecular complexity index is 326. The van der Waals surface area contributed by atoms with Crippen molar-refractivity contribution in [3.8, 4) is 0 Å². The molecule has 1 atom stereocenters. The Balaban J connectivity index is -0.000000126. The SMILES string of the molecule is N[C@@H](CCC(=O)[O-])C(=O)[O-].O=C(O)CNCC(=O)O.[Na+].[Na+]. The molecule has 0 bridgehead atoms. The van der Waals surface area contributed by atoms with Crippen LogP contribution >= 0.6 is 0 Å². The van der Waals surface area contributed by atoms with Crippen molar-refractivity contribution in [1.82, 2.24) is 5.32 Å². The van der Waals surface area contributed by atoms with E-state index in [0.717, 1.165) is 0 Å². The summed E-state index contributed by atoms with van der Waals surface area (Å²) >= 11 is 0. The summed E-state index contributed by atoms with van der Waals surface area (Å²) in [5, 5.41) is 37.7. The van der Waals surface area contributed by atoms with Crippen LogP contribution in [-0.4, -0.2) is 53.2 Å². The van der Waals surface area contributed by atoms with Gasteiger partial charge in [-0.15, -0.1) is 0 Å². The van der Waals surface area contributed by atoms with Gasteiger partial charge in [0.25, 0.3) is 0 Å². The van der Waals surface area contributed by atoms with E-state index in [1.165, 1.54) is 0 Å². The Hall–Kier alpha value is -0.200. The summed E-state index contributed by atoms with van der Waals surface area (Å²) in [6.45, 7) is -0.626. The molecule has 0 rings (SSSR count). The third-order valence-electron chi connectivity index (χ3n) is 1.51. The summed E-state index contributed by atoms with van der Waals surface area (Å²) in [4.78, 5) is 39.1. The molecule has 0 radical (unpaired) electrons. The second kappa shape index (κ2) is 17.9. The first-order valence-electron chi connectivity index (χ1n) is 4.97. The van der Waals surface area contributed by atoms with Crippen LogP contribution in [0.25, 0.3) is 0 Å². The summed E-state index contributed by atoms with van der Waals surface area (Å²) in [7, 11) is 0. The number of nitrogens with two attached hydrogens (primary N) is 1. The van der Waals surface area contributed by atoms with E-state index < -0.39 is 29.9 Å². The second-order valence-electron chi connectivity index (χ2n) is 3.23. The van der Waals surface area contributed by atoms with Gasteiger partial charge in [-0.1, -0.05) is 0 Å². The van der Waals surface area contributed by atoms with E-state index in [4.69, 9.17) is 15.9 Å². The standard InChI is InChI=1S/C5H9NO4.C4H7NO4.2Na/c6-3(5(9)10)1-2-4(7)8;6-3(7)1-5-2-4(8)9;;/h3H,1-2,6H2,(H,7,8)(H,9,10);5H,1-2H2,(H,6,7)(H,8,9);;/q;;2*+1/p-2/t3-;;;/m0.../s1. The minimum absolute atomic E-state index is 0. The van der Waals surface area contributed by atoms with Crippen LogP contribution in [-0.2, 0) is 19.2 Å². The molecule has 0 aromatic heterocycles. The largest absolute Gasteiger partial charge is 1.00 e. The van der Waals surface area contributed by atoms with E-state index in [-0.39, 0.29) is 85.0 Å². The van der Waals surface area contributed by atoms with Crippen LogP contribution in [0.5, 0.6) is 0 Å². The average Bonchev–Trinajstić information content (AvgIpc) is 2.25. The molecule has 0 amide bonds. The van der Waals surface area contributed by atoms with E-state index in [0.29, 0.717) is 0 Å². The van der Waals surface area contributed by atoms with Crippen LogP contribution in [0.1, 0.15) is 12.8 Å². The third-order valence-corrected chi connectivity index (χ3v) is 1.51. The first-order valence-corrected chi connectivity index (χ1v) is 4.97. The quantitative estimate of drug-likeness (QED) is 0.311. The Kier molecular flexibility index (Phi) is 24.6. The fourth-order valence-electron chi connectivity index (χ4n) is 0.668. The molecule has 5 N–H and O–H groups in total. The summed E-state index contributed by atoms with van der Waals surface area (Å²) < 4.78 is 0. The van der Waals surface area contributed by atoms with Crippen molar-refractivity contribution in [2.45, 2.75) is 18.9 Å². The van der Waals surface area contributed by atoms with Crippen LogP contribution < -0.4 is 80.4 Å². The molecule has 21 heavy (non-hydrogen) atoms. The molecule has 0 unspecified atom stereocenters. The molecule has 0 aliphatic heterocycles. The van der Waals surface area contributed by atoms with Gasteiger partial charge in [0.1, 0.15) is 0 Å². The number of nitrogens with one attached hydrogen (secondary N) is 1. The normalized spacial score (nSPS) is 9.76. The van der Waals surface area contributed by atoms with Gasteiger partial charge in [0.15, 0.2) is 0 Å². The number of carbonyl (C=O) groups is 4. The molecule has 0 spiro atoms. The smallest absolute Gasteiger partial charge is 0.550 e. The topological polar surface area (TPSA) is 193 Å². The number of rotatable bonds is 8. The van der Waals surface area contributed by atoms with E-state index >= 15 is 0 Å².